The molecule has 0 heterocycles. The highest BCUT2D eigenvalue weighted by Crippen LogP contribution is 2.17. The maximum absolute atomic E-state index is 11.5. The molecule has 0 aliphatic heterocycles. The van der Waals surface area contributed by atoms with Gasteiger partial charge >= 0.3 is 0 Å². The SMILES string of the molecule is CCCCC(=O)N/N=C/c1ccccc1OCc1ccccc1. The van der Waals surface area contributed by atoms with E-state index in [4.69, 9.17) is 4.74 Å². The number of benzene rings is 2. The maximum atomic E-state index is 11.5. The number of carbonyl (C=O) groups is 1. The number of para-hydroxylation sites is 1. The topological polar surface area (TPSA) is 50.7 Å². The minimum absolute atomic E-state index is 0.0641. The predicted octanol–water partition coefficient (Wildman–Crippen LogP) is 3.91. The van der Waals surface area contributed by atoms with Crippen molar-refractivity contribution in [2.75, 3.05) is 0 Å². The number of carbonyl (C=O) groups excluding carboxylic acids is 1. The number of rotatable bonds is 8. The van der Waals surface area contributed by atoms with Gasteiger partial charge in [-0.05, 0) is 24.1 Å². The van der Waals surface area contributed by atoms with E-state index in [1.54, 1.807) is 6.21 Å². The van der Waals surface area contributed by atoms with Crippen LogP contribution in [0.2, 0.25) is 0 Å². The molecule has 120 valence electrons. The van der Waals surface area contributed by atoms with Crippen LogP contribution in [0.15, 0.2) is 59.7 Å². The molecule has 0 aliphatic rings. The first-order valence-corrected chi connectivity index (χ1v) is 7.87. The number of amides is 1. The van der Waals surface area contributed by atoms with Gasteiger partial charge in [0.2, 0.25) is 5.91 Å². The molecule has 23 heavy (non-hydrogen) atoms. The first kappa shape index (κ1) is 16.7. The summed E-state index contributed by atoms with van der Waals surface area (Å²) < 4.78 is 5.84. The first-order chi connectivity index (χ1) is 11.3. The van der Waals surface area contributed by atoms with Gasteiger partial charge < -0.3 is 4.74 Å². The van der Waals surface area contributed by atoms with Gasteiger partial charge in [-0.1, -0.05) is 55.8 Å². The Kier molecular flexibility index (Phi) is 6.85. The summed E-state index contributed by atoms with van der Waals surface area (Å²) >= 11 is 0. The molecule has 0 spiro atoms. The van der Waals surface area contributed by atoms with E-state index >= 15 is 0 Å². The summed E-state index contributed by atoms with van der Waals surface area (Å²) in [6, 6.07) is 17.6. The molecule has 0 aliphatic carbocycles. The van der Waals surface area contributed by atoms with E-state index in [2.05, 4.69) is 17.5 Å². The van der Waals surface area contributed by atoms with E-state index in [1.165, 1.54) is 0 Å². The molecule has 2 rings (SSSR count). The van der Waals surface area contributed by atoms with Crippen molar-refractivity contribution in [1.29, 1.82) is 0 Å². The van der Waals surface area contributed by atoms with Gasteiger partial charge in [-0.15, -0.1) is 0 Å². The maximum Gasteiger partial charge on any atom is 0.240 e. The summed E-state index contributed by atoms with van der Waals surface area (Å²) in [6.07, 6.45) is 3.98. The first-order valence-electron chi connectivity index (χ1n) is 7.87. The summed E-state index contributed by atoms with van der Waals surface area (Å²) in [5.41, 5.74) is 4.48. The summed E-state index contributed by atoms with van der Waals surface area (Å²) in [5.74, 6) is 0.675. The number of unbranched alkanes of at least 4 members (excludes halogenated alkanes) is 1. The van der Waals surface area contributed by atoms with Gasteiger partial charge in [-0.2, -0.15) is 5.10 Å². The normalized spacial score (nSPS) is 10.7. The Bertz CT molecular complexity index is 639. The molecular weight excluding hydrogens is 288 g/mol. The van der Waals surface area contributed by atoms with E-state index < -0.39 is 0 Å². The van der Waals surface area contributed by atoms with Crippen molar-refractivity contribution in [3.8, 4) is 5.75 Å². The average Bonchev–Trinajstić information content (AvgIpc) is 2.60. The lowest BCUT2D eigenvalue weighted by molar-refractivity contribution is -0.121. The monoisotopic (exact) mass is 310 g/mol. The molecule has 0 aromatic heterocycles. The van der Waals surface area contributed by atoms with Crippen molar-refractivity contribution in [3.05, 3.63) is 65.7 Å². The quantitative estimate of drug-likeness (QED) is 0.594. The van der Waals surface area contributed by atoms with Crippen molar-refractivity contribution < 1.29 is 9.53 Å². The number of ether oxygens (including phenoxy) is 1. The van der Waals surface area contributed by atoms with Crippen LogP contribution >= 0.6 is 0 Å². The van der Waals surface area contributed by atoms with Crippen LogP contribution < -0.4 is 10.2 Å². The summed E-state index contributed by atoms with van der Waals surface area (Å²) in [6.45, 7) is 2.55. The highest BCUT2D eigenvalue weighted by Gasteiger charge is 2.02. The van der Waals surface area contributed by atoms with Crippen molar-refractivity contribution in [2.45, 2.75) is 32.8 Å². The van der Waals surface area contributed by atoms with Gasteiger partial charge in [0.05, 0.1) is 6.21 Å². The highest BCUT2D eigenvalue weighted by atomic mass is 16.5. The van der Waals surface area contributed by atoms with E-state index in [0.29, 0.717) is 13.0 Å². The number of nitrogens with zero attached hydrogens (tertiary/aromatic N) is 1. The second-order valence-corrected chi connectivity index (χ2v) is 5.21. The Morgan fingerprint density at radius 1 is 1.13 bits per heavy atom. The third kappa shape index (κ3) is 5.94. The molecule has 0 unspecified atom stereocenters. The average molecular weight is 310 g/mol. The summed E-state index contributed by atoms with van der Waals surface area (Å²) in [4.78, 5) is 11.5. The zero-order valence-corrected chi connectivity index (χ0v) is 13.4. The number of hydrogen-bond donors (Lipinski definition) is 1. The fourth-order valence-corrected chi connectivity index (χ4v) is 2.02. The van der Waals surface area contributed by atoms with E-state index in [0.717, 1.165) is 29.7 Å². The molecule has 1 amide bonds. The highest BCUT2D eigenvalue weighted by molar-refractivity contribution is 5.85. The van der Waals surface area contributed by atoms with Crippen LogP contribution in [0.1, 0.15) is 37.3 Å². The summed E-state index contributed by atoms with van der Waals surface area (Å²) in [7, 11) is 0. The van der Waals surface area contributed by atoms with Gasteiger partial charge in [-0.25, -0.2) is 5.43 Å². The molecule has 2 aromatic carbocycles. The Morgan fingerprint density at radius 3 is 2.65 bits per heavy atom. The largest absolute Gasteiger partial charge is 0.488 e. The van der Waals surface area contributed by atoms with Crippen molar-refractivity contribution >= 4 is 12.1 Å². The Labute approximate surface area is 137 Å². The molecule has 0 bridgehead atoms. The van der Waals surface area contributed by atoms with Crippen LogP contribution in [0.4, 0.5) is 0 Å². The van der Waals surface area contributed by atoms with Crippen molar-refractivity contribution in [1.82, 2.24) is 5.43 Å². The lowest BCUT2D eigenvalue weighted by Gasteiger charge is -2.08. The second kappa shape index (κ2) is 9.41. The molecular formula is C19H22N2O2. The molecule has 0 radical (unpaired) electrons. The molecule has 0 saturated carbocycles. The standard InChI is InChI=1S/C19H22N2O2/c1-2-3-13-19(22)21-20-14-17-11-7-8-12-18(17)23-15-16-9-5-4-6-10-16/h4-12,14H,2-3,13,15H2,1H3,(H,21,22)/b20-14+. The van der Waals surface area contributed by atoms with Crippen LogP contribution in [0.25, 0.3) is 0 Å². The lowest BCUT2D eigenvalue weighted by Crippen LogP contribution is -2.16. The Hall–Kier alpha value is -2.62. The van der Waals surface area contributed by atoms with Crippen LogP contribution in [-0.4, -0.2) is 12.1 Å². The molecule has 0 atom stereocenters. The number of nitrogens with one attached hydrogen (secondary N) is 1. The smallest absolute Gasteiger partial charge is 0.240 e. The fourth-order valence-electron chi connectivity index (χ4n) is 2.02. The zero-order chi connectivity index (χ0) is 16.3. The third-order valence-corrected chi connectivity index (χ3v) is 3.31. The molecule has 2 aromatic rings. The van der Waals surface area contributed by atoms with E-state index in [-0.39, 0.29) is 5.91 Å². The van der Waals surface area contributed by atoms with Gasteiger partial charge in [0.15, 0.2) is 0 Å². The predicted molar refractivity (Wildman–Crippen MR) is 92.5 cm³/mol. The van der Waals surface area contributed by atoms with Crippen LogP contribution in [-0.2, 0) is 11.4 Å². The molecule has 4 nitrogen and oxygen atoms in total. The number of hydrogen-bond acceptors (Lipinski definition) is 3. The van der Waals surface area contributed by atoms with Gasteiger partial charge in [0.25, 0.3) is 0 Å². The van der Waals surface area contributed by atoms with Gasteiger partial charge in [0.1, 0.15) is 12.4 Å². The molecule has 1 N–H and O–H groups in total. The Balaban J connectivity index is 1.93. The Morgan fingerprint density at radius 2 is 1.87 bits per heavy atom. The molecule has 0 saturated heterocycles. The fraction of sp³-hybridized carbons (Fsp3) is 0.263. The van der Waals surface area contributed by atoms with Crippen LogP contribution in [0.3, 0.4) is 0 Å². The van der Waals surface area contributed by atoms with Crippen LogP contribution in [0.5, 0.6) is 5.75 Å². The van der Waals surface area contributed by atoms with Gasteiger partial charge in [0, 0.05) is 12.0 Å². The second-order valence-electron chi connectivity index (χ2n) is 5.21. The third-order valence-electron chi connectivity index (χ3n) is 3.31. The van der Waals surface area contributed by atoms with Crippen molar-refractivity contribution in [2.24, 2.45) is 5.10 Å². The minimum atomic E-state index is -0.0641. The molecule has 0 fully saturated rings. The minimum Gasteiger partial charge on any atom is -0.488 e. The van der Waals surface area contributed by atoms with E-state index in [1.807, 2.05) is 54.6 Å². The summed E-state index contributed by atoms with van der Waals surface area (Å²) in [5, 5.41) is 4.01. The van der Waals surface area contributed by atoms with Crippen LogP contribution in [0, 0.1) is 0 Å². The molecule has 4 heteroatoms. The van der Waals surface area contributed by atoms with Gasteiger partial charge in [-0.3, -0.25) is 4.79 Å². The van der Waals surface area contributed by atoms with Crippen molar-refractivity contribution in [3.63, 3.8) is 0 Å². The lowest BCUT2D eigenvalue weighted by atomic mass is 10.2. The van der Waals surface area contributed by atoms with E-state index in [9.17, 15) is 4.79 Å². The number of hydrazone groups is 1. The zero-order valence-electron chi connectivity index (χ0n) is 13.4.